The summed E-state index contributed by atoms with van der Waals surface area (Å²) in [7, 11) is -2.85. The molecule has 15 heavy (non-hydrogen) atoms. The third-order valence-corrected chi connectivity index (χ3v) is 4.07. The highest BCUT2D eigenvalue weighted by Gasteiger charge is 2.23. The Balaban J connectivity index is 2.18. The lowest BCUT2D eigenvalue weighted by Gasteiger charge is -2.28. The van der Waals surface area contributed by atoms with E-state index in [1.54, 1.807) is 18.3 Å². The molecule has 2 heterocycles. The molecule has 0 saturated carbocycles. The normalized spacial score (nSPS) is 20.1. The summed E-state index contributed by atoms with van der Waals surface area (Å²) in [5.74, 6) is 1.05. The number of nitrogens with zero attached hydrogens (tertiary/aromatic N) is 2. The Bertz CT molecular complexity index is 444. The van der Waals surface area contributed by atoms with Gasteiger partial charge in [-0.05, 0) is 12.1 Å². The fourth-order valence-corrected chi connectivity index (χ4v) is 2.80. The zero-order valence-electron chi connectivity index (χ0n) is 8.26. The van der Waals surface area contributed by atoms with Crippen LogP contribution in [0.3, 0.4) is 0 Å². The van der Waals surface area contributed by atoms with Crippen molar-refractivity contribution in [1.82, 2.24) is 4.98 Å². The maximum absolute atomic E-state index is 11.2. The van der Waals surface area contributed by atoms with Crippen LogP contribution in [0.2, 0.25) is 0 Å². The molecule has 1 aliphatic heterocycles. The van der Waals surface area contributed by atoms with Gasteiger partial charge in [0, 0.05) is 19.3 Å². The van der Waals surface area contributed by atoms with E-state index >= 15 is 0 Å². The molecule has 1 aliphatic rings. The van der Waals surface area contributed by atoms with Gasteiger partial charge in [0.15, 0.2) is 15.7 Å². The van der Waals surface area contributed by atoms with Gasteiger partial charge in [-0.25, -0.2) is 13.4 Å². The molecule has 0 radical (unpaired) electrons. The van der Waals surface area contributed by atoms with Crippen LogP contribution >= 0.6 is 0 Å². The predicted octanol–water partition coefficient (Wildman–Crippen LogP) is -0.101. The number of sulfone groups is 1. The Hall–Kier alpha value is -1.30. The average molecular weight is 227 g/mol. The van der Waals surface area contributed by atoms with Crippen LogP contribution in [0.4, 0.5) is 11.5 Å². The van der Waals surface area contributed by atoms with Crippen LogP contribution in [-0.2, 0) is 9.84 Å². The molecule has 1 aromatic rings. The van der Waals surface area contributed by atoms with Crippen molar-refractivity contribution in [2.24, 2.45) is 0 Å². The molecule has 0 bridgehead atoms. The standard InChI is InChI=1S/C9H13N3O2S/c10-8-2-1-3-11-9(8)12-4-6-15(13,14)7-5-12/h1-3H,4-7,10H2. The molecule has 1 fully saturated rings. The Kier molecular flexibility index (Phi) is 2.52. The Morgan fingerprint density at radius 1 is 1.33 bits per heavy atom. The quantitative estimate of drug-likeness (QED) is 0.725. The van der Waals surface area contributed by atoms with Crippen molar-refractivity contribution in [2.45, 2.75) is 0 Å². The molecule has 6 heteroatoms. The SMILES string of the molecule is Nc1cccnc1N1CCS(=O)(=O)CC1. The summed E-state index contributed by atoms with van der Waals surface area (Å²) in [6.07, 6.45) is 1.66. The molecule has 82 valence electrons. The summed E-state index contributed by atoms with van der Waals surface area (Å²) in [6.45, 7) is 0.951. The second-order valence-corrected chi connectivity index (χ2v) is 5.86. The first kappa shape index (κ1) is 10.2. The van der Waals surface area contributed by atoms with Gasteiger partial charge < -0.3 is 10.6 Å². The summed E-state index contributed by atoms with van der Waals surface area (Å²) >= 11 is 0. The van der Waals surface area contributed by atoms with Crippen molar-refractivity contribution in [3.05, 3.63) is 18.3 Å². The van der Waals surface area contributed by atoms with Gasteiger partial charge in [0.25, 0.3) is 0 Å². The van der Waals surface area contributed by atoms with Crippen molar-refractivity contribution in [2.75, 3.05) is 35.2 Å². The maximum Gasteiger partial charge on any atom is 0.153 e. The molecule has 0 spiro atoms. The summed E-state index contributed by atoms with van der Waals surface area (Å²) in [6, 6.07) is 3.53. The fraction of sp³-hybridized carbons (Fsp3) is 0.444. The average Bonchev–Trinajstić information content (AvgIpc) is 2.19. The van der Waals surface area contributed by atoms with Crippen molar-refractivity contribution in [1.29, 1.82) is 0 Å². The maximum atomic E-state index is 11.2. The van der Waals surface area contributed by atoms with Crippen molar-refractivity contribution < 1.29 is 8.42 Å². The molecular formula is C9H13N3O2S. The lowest BCUT2D eigenvalue weighted by Crippen LogP contribution is -2.41. The number of hydrogen-bond donors (Lipinski definition) is 1. The van der Waals surface area contributed by atoms with Crippen LogP contribution in [0.1, 0.15) is 0 Å². The van der Waals surface area contributed by atoms with E-state index in [1.807, 2.05) is 4.90 Å². The number of pyridine rings is 1. The first-order valence-electron chi connectivity index (χ1n) is 4.74. The van der Waals surface area contributed by atoms with Gasteiger partial charge in [0.2, 0.25) is 0 Å². The minimum Gasteiger partial charge on any atom is -0.396 e. The second kappa shape index (κ2) is 3.69. The van der Waals surface area contributed by atoms with Crippen LogP contribution in [0, 0.1) is 0 Å². The van der Waals surface area contributed by atoms with Gasteiger partial charge in [-0.3, -0.25) is 0 Å². The lowest BCUT2D eigenvalue weighted by atomic mass is 10.3. The third kappa shape index (κ3) is 2.20. The number of nitrogens with two attached hydrogens (primary N) is 1. The zero-order chi connectivity index (χ0) is 10.9. The van der Waals surface area contributed by atoms with Crippen LogP contribution in [0.25, 0.3) is 0 Å². The van der Waals surface area contributed by atoms with E-state index in [4.69, 9.17) is 5.73 Å². The molecule has 2 N–H and O–H groups in total. The minimum atomic E-state index is -2.85. The van der Waals surface area contributed by atoms with Gasteiger partial charge in [-0.2, -0.15) is 0 Å². The van der Waals surface area contributed by atoms with Crippen LogP contribution < -0.4 is 10.6 Å². The molecule has 2 rings (SSSR count). The monoisotopic (exact) mass is 227 g/mol. The number of anilines is 2. The second-order valence-electron chi connectivity index (χ2n) is 3.56. The summed E-state index contributed by atoms with van der Waals surface area (Å²) in [5, 5.41) is 0. The highest BCUT2D eigenvalue weighted by molar-refractivity contribution is 7.91. The van der Waals surface area contributed by atoms with Crippen molar-refractivity contribution in [3.8, 4) is 0 Å². The minimum absolute atomic E-state index is 0.184. The van der Waals surface area contributed by atoms with E-state index in [9.17, 15) is 8.42 Å². The first-order chi connectivity index (χ1) is 7.08. The van der Waals surface area contributed by atoms with Crippen LogP contribution in [0.5, 0.6) is 0 Å². The molecule has 0 aromatic carbocycles. The van der Waals surface area contributed by atoms with E-state index in [-0.39, 0.29) is 11.5 Å². The van der Waals surface area contributed by atoms with Gasteiger partial charge in [-0.15, -0.1) is 0 Å². The van der Waals surface area contributed by atoms with E-state index < -0.39 is 9.84 Å². The van der Waals surface area contributed by atoms with Crippen molar-refractivity contribution in [3.63, 3.8) is 0 Å². The topological polar surface area (TPSA) is 76.3 Å². The molecule has 1 aromatic heterocycles. The summed E-state index contributed by atoms with van der Waals surface area (Å²) in [5.41, 5.74) is 6.36. The zero-order valence-corrected chi connectivity index (χ0v) is 9.07. The van der Waals surface area contributed by atoms with E-state index in [1.165, 1.54) is 0 Å². The number of nitrogen functional groups attached to an aromatic ring is 1. The smallest absolute Gasteiger partial charge is 0.153 e. The molecular weight excluding hydrogens is 214 g/mol. The third-order valence-electron chi connectivity index (χ3n) is 2.46. The lowest BCUT2D eigenvalue weighted by molar-refractivity contribution is 0.586. The molecule has 0 unspecified atom stereocenters. The summed E-state index contributed by atoms with van der Waals surface area (Å²) < 4.78 is 22.5. The van der Waals surface area contributed by atoms with Gasteiger partial charge >= 0.3 is 0 Å². The van der Waals surface area contributed by atoms with E-state index in [0.717, 1.165) is 0 Å². The molecule has 1 saturated heterocycles. The van der Waals surface area contributed by atoms with E-state index in [0.29, 0.717) is 24.6 Å². The van der Waals surface area contributed by atoms with Gasteiger partial charge in [-0.1, -0.05) is 0 Å². The predicted molar refractivity (Wildman–Crippen MR) is 59.5 cm³/mol. The number of hydrogen-bond acceptors (Lipinski definition) is 5. The number of rotatable bonds is 1. The van der Waals surface area contributed by atoms with Gasteiger partial charge in [0.1, 0.15) is 0 Å². The molecule has 0 amide bonds. The fourth-order valence-electron chi connectivity index (χ4n) is 1.60. The Morgan fingerprint density at radius 3 is 2.60 bits per heavy atom. The van der Waals surface area contributed by atoms with Crippen LogP contribution in [-0.4, -0.2) is 38.0 Å². The van der Waals surface area contributed by atoms with Gasteiger partial charge in [0.05, 0.1) is 17.2 Å². The first-order valence-corrected chi connectivity index (χ1v) is 6.56. The Labute approximate surface area is 88.8 Å². The van der Waals surface area contributed by atoms with E-state index in [2.05, 4.69) is 4.98 Å². The highest BCUT2D eigenvalue weighted by Crippen LogP contribution is 2.20. The molecule has 0 atom stereocenters. The molecule has 5 nitrogen and oxygen atoms in total. The molecule has 0 aliphatic carbocycles. The van der Waals surface area contributed by atoms with Crippen LogP contribution in [0.15, 0.2) is 18.3 Å². The summed E-state index contributed by atoms with van der Waals surface area (Å²) in [4.78, 5) is 6.07. The number of aromatic nitrogens is 1. The highest BCUT2D eigenvalue weighted by atomic mass is 32.2. The largest absolute Gasteiger partial charge is 0.396 e. The Morgan fingerprint density at radius 2 is 2.00 bits per heavy atom. The van der Waals surface area contributed by atoms with Crippen molar-refractivity contribution >= 4 is 21.3 Å².